The Morgan fingerprint density at radius 1 is 0.526 bits per heavy atom. The third-order valence-corrected chi connectivity index (χ3v) is 19.7. The lowest BCUT2D eigenvalue weighted by molar-refractivity contribution is -0.137. The highest BCUT2D eigenvalue weighted by Gasteiger charge is 2.39. The van der Waals surface area contributed by atoms with Crippen molar-refractivity contribution in [1.29, 1.82) is 0 Å². The number of oxazole rings is 1. The first-order valence-corrected chi connectivity index (χ1v) is 45.5. The van der Waals surface area contributed by atoms with E-state index in [4.69, 9.17) is 0 Å². The van der Waals surface area contributed by atoms with Gasteiger partial charge in [0.1, 0.15) is 96.1 Å². The summed E-state index contributed by atoms with van der Waals surface area (Å²) in [4.78, 5) is 161. The van der Waals surface area contributed by atoms with Crippen LogP contribution in [-0.2, 0) is 115 Å². The van der Waals surface area contributed by atoms with Crippen molar-refractivity contribution >= 4 is 133 Å². The fourth-order valence-electron chi connectivity index (χ4n) is 10.5. The molecule has 24 N–H and O–H groups in total. The Kier molecular flexibility index (Phi) is 48.8. The molecular formula is C61H113N18O31S6-. The minimum atomic E-state index is -4.77. The fraction of sp³-hybridized carbons (Fsp3) is 0.770. The highest BCUT2D eigenvalue weighted by molar-refractivity contribution is 7.86. The summed E-state index contributed by atoms with van der Waals surface area (Å²) in [5.41, 5.74) is 0. The van der Waals surface area contributed by atoms with Crippen molar-refractivity contribution in [2.24, 2.45) is 17.8 Å². The van der Waals surface area contributed by atoms with Crippen LogP contribution >= 0.6 is 0 Å². The van der Waals surface area contributed by atoms with Crippen LogP contribution in [0.1, 0.15) is 139 Å². The zero-order chi connectivity index (χ0) is 88.5. The number of amides is 11. The summed E-state index contributed by atoms with van der Waals surface area (Å²) in [7, 11) is -23.5. The Hall–Kier alpha value is -7.44. The van der Waals surface area contributed by atoms with E-state index in [2.05, 4.69) is 94.5 Å². The van der Waals surface area contributed by atoms with E-state index in [1.165, 1.54) is 12.5 Å². The van der Waals surface area contributed by atoms with Gasteiger partial charge in [-0.1, -0.05) is 60.8 Å². The number of hydrogen-bond acceptors (Lipinski definition) is 32. The van der Waals surface area contributed by atoms with Gasteiger partial charge in [-0.15, -0.1) is 0 Å². The molecule has 11 amide bonds. The first kappa shape index (κ1) is 107. The standard InChI is InChI=1S/C58H110N16O28S5.C3H4N2O3S/c1-9-35(6)12-10-11-13-46(77)65-38(14-20-59-28-103(88,89)90)53(82)74-48(37(8)76)58(87)70-41(17-23-62-31-106(97,98)99)50(79)68-43-19-25-64-57(86)47(36(7)75)73-54(83)42(18-24-63-32-107(100,101)102)67-49(78)39(15-21-60-29-104(91,92)93)69-55(84)44(26-33(2)3)72-56(85)45(27-34(4)5)71-52(81)40(66-51(43)80)16-22-61-30-105(94,95)96;6-9(7)5-3-4-1-2-8-3/h33-45,47-48,59-63,75-76H,9-32H2,1-8H3,(H,64,86)(H,65,77)(H,66,80)(H,67,78)(H,68,79)(H,69,84)(H,70,87)(H,71,81)(H,72,85)(H,73,83)(H,74,82)(H,88,89,90)(H,91,92,93)(H,94,95,96)(H,97,98,99)(H,100,101,102);1-2H,(H,4,5)(H,6,7)/p-1/t35-,36-,37-,38+,39+,40+,41+,42+,43+,44+,45-,47+,48+;/m1./s1. The lowest BCUT2D eigenvalue weighted by Gasteiger charge is -2.29. The first-order chi connectivity index (χ1) is 53.7. The van der Waals surface area contributed by atoms with Gasteiger partial charge in [-0.05, 0) is 122 Å². The molecule has 14 atom stereocenters. The lowest BCUT2D eigenvalue weighted by Crippen LogP contribution is -2.62. The zero-order valence-corrected chi connectivity index (χ0v) is 70.0. The zero-order valence-electron chi connectivity index (χ0n) is 65.1. The van der Waals surface area contributed by atoms with Crippen molar-refractivity contribution < 1.29 is 141 Å². The summed E-state index contributed by atoms with van der Waals surface area (Å²) in [6.45, 7) is 9.25. The van der Waals surface area contributed by atoms with Crippen LogP contribution in [0, 0.1) is 17.8 Å². The van der Waals surface area contributed by atoms with Crippen LogP contribution in [0.15, 0.2) is 16.9 Å². The topological polar surface area (TPSA) is 771 Å². The maximum Gasteiger partial charge on any atom is 0.305 e. The molecule has 1 aromatic rings. The molecular weight excluding hydrogens is 1670 g/mol. The van der Waals surface area contributed by atoms with E-state index >= 15 is 0 Å². The summed E-state index contributed by atoms with van der Waals surface area (Å²) in [6, 6.07) is -18.5. The second-order valence-corrected chi connectivity index (χ2v) is 35.8. The third-order valence-electron chi connectivity index (χ3n) is 16.5. The van der Waals surface area contributed by atoms with Gasteiger partial charge in [0.25, 0.3) is 50.6 Å². The Labute approximate surface area is 675 Å². The van der Waals surface area contributed by atoms with Crippen LogP contribution in [0.2, 0.25) is 0 Å². The molecule has 49 nitrogen and oxygen atoms in total. The van der Waals surface area contributed by atoms with E-state index in [9.17, 15) is 137 Å². The summed E-state index contributed by atoms with van der Waals surface area (Å²) in [6.07, 6.45) is -2.61. The van der Waals surface area contributed by atoms with Crippen molar-refractivity contribution in [3.63, 3.8) is 0 Å². The Balaban J connectivity index is 0.00000694. The number of aliphatic hydroxyl groups excluding tert-OH is 2. The highest BCUT2D eigenvalue weighted by Crippen LogP contribution is 2.15. The lowest BCUT2D eigenvalue weighted by atomic mass is 9.99. The molecule has 1 aliphatic rings. The van der Waals surface area contributed by atoms with Gasteiger partial charge in [-0.25, -0.2) is 4.98 Å². The van der Waals surface area contributed by atoms with Gasteiger partial charge in [0.2, 0.25) is 65.0 Å². The van der Waals surface area contributed by atoms with E-state index in [1.807, 2.05) is 18.6 Å². The number of aliphatic hydroxyl groups is 2. The Morgan fingerprint density at radius 3 is 1.30 bits per heavy atom. The number of nitrogens with one attached hydrogen (secondary N) is 17. The van der Waals surface area contributed by atoms with Crippen LogP contribution in [0.5, 0.6) is 0 Å². The molecule has 55 heteroatoms. The van der Waals surface area contributed by atoms with E-state index < -0.39 is 306 Å². The molecule has 1 saturated heterocycles. The Morgan fingerprint density at radius 2 is 0.922 bits per heavy atom. The average Bonchev–Trinajstić information content (AvgIpc) is 0.878. The van der Waals surface area contributed by atoms with Crippen molar-refractivity contribution in [1.82, 2.24) is 90.1 Å². The van der Waals surface area contributed by atoms with Gasteiger partial charge in [0, 0.05) is 24.2 Å². The molecule has 670 valence electrons. The molecule has 2 heterocycles. The number of unbranched alkanes of at least 4 members (excludes halogenated alkanes) is 1. The molecule has 0 saturated carbocycles. The highest BCUT2D eigenvalue weighted by atomic mass is 32.2. The SMILES string of the molecule is CC[C@@H](C)CCCCC(=O)N[C@@H](CCNCS(=O)(=O)O)C(=O)N[C@H](C(=O)N[C@@H](CCNCS(=O)(=O)O)C(=O)N[C@H]1CCNC(=O)[C@H]([C@@H](C)O)NC(=O)[C@H](CCNCS(=O)(=O)O)NC(=O)[C@H](CCNCS(=O)(=O)O)NC(=O)[C@H](CC(C)C)NC(=O)[C@@H](CC(C)C)NC(=O)[C@H](CCNCS(=O)(=O)O)NC1=O)[C@@H](C)O.O=S([O-])Nc1ncco1. The Bertz CT molecular complexity index is 3940. The number of nitrogens with zero attached hydrogens (tertiary/aromatic N) is 1. The van der Waals surface area contributed by atoms with Crippen LogP contribution in [0.25, 0.3) is 0 Å². The third kappa shape index (κ3) is 49.7. The second-order valence-electron chi connectivity index (χ2n) is 27.8. The quantitative estimate of drug-likeness (QED) is 0.0164. The van der Waals surface area contributed by atoms with Gasteiger partial charge < -0.3 is 104 Å². The minimum Gasteiger partial charge on any atom is -0.755 e. The van der Waals surface area contributed by atoms with Gasteiger partial charge in [0.05, 0.1) is 18.4 Å². The van der Waals surface area contributed by atoms with E-state index in [0.717, 1.165) is 26.7 Å². The summed E-state index contributed by atoms with van der Waals surface area (Å²) in [5, 5.41) is 59.7. The molecule has 0 aliphatic carbocycles. The molecule has 1 aliphatic heterocycles. The van der Waals surface area contributed by atoms with Crippen molar-refractivity contribution in [2.45, 2.75) is 211 Å². The van der Waals surface area contributed by atoms with Crippen molar-refractivity contribution in [2.75, 3.05) is 73.4 Å². The number of anilines is 1. The molecule has 0 spiro atoms. The molecule has 1 unspecified atom stereocenters. The van der Waals surface area contributed by atoms with Crippen molar-refractivity contribution in [3.05, 3.63) is 12.5 Å². The molecule has 1 aromatic heterocycles. The molecule has 0 aromatic carbocycles. The largest absolute Gasteiger partial charge is 0.755 e. The minimum absolute atomic E-state index is 0.0247. The maximum atomic E-state index is 14.9. The molecule has 116 heavy (non-hydrogen) atoms. The van der Waals surface area contributed by atoms with Gasteiger partial charge in [-0.3, -0.25) is 84.4 Å². The molecule has 1 fully saturated rings. The normalized spacial score (nSPS) is 20.8. The van der Waals surface area contributed by atoms with Crippen LogP contribution in [0.3, 0.4) is 0 Å². The van der Waals surface area contributed by atoms with Crippen LogP contribution < -0.4 is 89.8 Å². The van der Waals surface area contributed by atoms with E-state index in [1.54, 1.807) is 27.7 Å². The monoisotopic (exact) mass is 1790 g/mol. The number of hydrogen-bond donors (Lipinski definition) is 24. The van der Waals surface area contributed by atoms with Crippen molar-refractivity contribution in [3.8, 4) is 0 Å². The number of aromatic nitrogens is 1. The summed E-state index contributed by atoms with van der Waals surface area (Å²) in [5.74, 6) is -19.1. The van der Waals surface area contributed by atoms with E-state index in [0.29, 0.717) is 18.8 Å². The first-order valence-electron chi connectivity index (χ1n) is 36.4. The average molecular weight is 1790 g/mol. The predicted octanol–water partition coefficient (Wildman–Crippen LogP) is -8.18. The van der Waals surface area contributed by atoms with Crippen LogP contribution in [0.4, 0.5) is 6.01 Å². The fourth-order valence-corrected chi connectivity index (χ4v) is 12.8. The number of rotatable bonds is 46. The molecule has 0 radical (unpaired) electrons. The summed E-state index contributed by atoms with van der Waals surface area (Å²) >= 11 is -2.35. The van der Waals surface area contributed by atoms with E-state index in [-0.39, 0.29) is 38.2 Å². The summed E-state index contributed by atoms with van der Waals surface area (Å²) < 4.78 is 190. The molecule has 0 bridgehead atoms. The van der Waals surface area contributed by atoms with Crippen LogP contribution in [-0.4, -0.2) is 295 Å². The number of carbonyl (C=O) groups is 11. The second kappa shape index (κ2) is 53.2. The van der Waals surface area contributed by atoms with Gasteiger partial charge in [-0.2, -0.15) is 42.1 Å². The number of carbonyl (C=O) groups excluding carboxylic acids is 11. The van der Waals surface area contributed by atoms with Gasteiger partial charge in [0.15, 0.2) is 0 Å². The predicted molar refractivity (Wildman–Crippen MR) is 411 cm³/mol. The molecule has 2 rings (SSSR count). The maximum absolute atomic E-state index is 14.9. The smallest absolute Gasteiger partial charge is 0.305 e. The van der Waals surface area contributed by atoms with Gasteiger partial charge >= 0.3 is 6.01 Å².